The Balaban J connectivity index is 2.56. The summed E-state index contributed by atoms with van der Waals surface area (Å²) in [6.45, 7) is 5.59. The van der Waals surface area contributed by atoms with Crippen molar-refractivity contribution >= 4 is 11.9 Å². The lowest BCUT2D eigenvalue weighted by Crippen LogP contribution is -2.61. The van der Waals surface area contributed by atoms with Crippen LogP contribution < -0.4 is 5.32 Å². The maximum Gasteiger partial charge on any atom is 0.306 e. The number of rotatable bonds is 55. The van der Waals surface area contributed by atoms with Crippen LogP contribution >= 0.6 is 0 Å². The number of aliphatic hydroxyl groups excluding tert-OH is 5. The van der Waals surface area contributed by atoms with Crippen molar-refractivity contribution < 1.29 is 49.3 Å². The van der Waals surface area contributed by atoms with Crippen molar-refractivity contribution in [2.45, 2.75) is 320 Å². The molecule has 1 saturated heterocycles. The maximum atomic E-state index is 13.4. The predicted molar refractivity (Wildman–Crippen MR) is 338 cm³/mol. The van der Waals surface area contributed by atoms with Crippen LogP contribution in [0.2, 0.25) is 0 Å². The van der Waals surface area contributed by atoms with Gasteiger partial charge in [0.15, 0.2) is 12.4 Å². The normalized spacial score (nSPS) is 19.3. The first-order valence-corrected chi connectivity index (χ1v) is 33.1. The smallest absolute Gasteiger partial charge is 0.306 e. The van der Waals surface area contributed by atoms with Crippen molar-refractivity contribution in [1.29, 1.82) is 0 Å². The molecule has 8 atom stereocenters. The lowest BCUT2D eigenvalue weighted by Gasteiger charge is -2.41. The molecule has 11 nitrogen and oxygen atoms in total. The maximum absolute atomic E-state index is 13.4. The van der Waals surface area contributed by atoms with Crippen molar-refractivity contribution in [3.63, 3.8) is 0 Å². The number of hydrogen-bond donors (Lipinski definition) is 6. The molecule has 0 aromatic rings. The van der Waals surface area contributed by atoms with E-state index in [0.717, 1.165) is 70.6 Å². The number of allylic oxidation sites excluding steroid dienone is 15. The summed E-state index contributed by atoms with van der Waals surface area (Å²) >= 11 is 0. The van der Waals surface area contributed by atoms with Gasteiger partial charge < -0.3 is 45.1 Å². The third-order valence-electron chi connectivity index (χ3n) is 15.1. The molecule has 0 saturated carbocycles. The molecule has 1 aliphatic rings. The van der Waals surface area contributed by atoms with Crippen molar-refractivity contribution in [2.24, 2.45) is 0 Å². The van der Waals surface area contributed by atoms with Gasteiger partial charge in [0.2, 0.25) is 5.91 Å². The monoisotopic (exact) mass is 1140 g/mol. The summed E-state index contributed by atoms with van der Waals surface area (Å²) in [5, 5.41) is 56.9. The Bertz CT molecular complexity index is 1690. The summed E-state index contributed by atoms with van der Waals surface area (Å²) in [7, 11) is 0. The Kier molecular flexibility index (Phi) is 53.2. The molecule has 0 aromatic heterocycles. The van der Waals surface area contributed by atoms with Gasteiger partial charge in [-0.05, 0) is 77.0 Å². The van der Waals surface area contributed by atoms with Crippen LogP contribution in [0.3, 0.4) is 0 Å². The summed E-state index contributed by atoms with van der Waals surface area (Å²) in [4.78, 5) is 26.5. The Morgan fingerprint density at radius 2 is 0.938 bits per heavy atom. The van der Waals surface area contributed by atoms with Gasteiger partial charge in [0.1, 0.15) is 24.4 Å². The van der Waals surface area contributed by atoms with Crippen molar-refractivity contribution in [3.05, 3.63) is 97.2 Å². The molecule has 11 heteroatoms. The SMILES string of the molecule is CC/C=C/C=C/C=C\C=C/C=C/CCCCC(O)C(=O)NC(COC1OC(CO)C(O)C(O)C1OC(=O)CCCCCCCCCCCCCCCCCCC/C=C\C/C=C\CCCCC)C(O)/C=C/CCCCCCCCCCC. The molecule has 0 aliphatic carbocycles. The number of nitrogens with one attached hydrogen (secondary N) is 1. The molecule has 0 bridgehead atoms. The van der Waals surface area contributed by atoms with E-state index in [1.54, 1.807) is 6.08 Å². The molecule has 8 unspecified atom stereocenters. The number of esters is 1. The molecule has 1 heterocycles. The second-order valence-corrected chi connectivity index (χ2v) is 22.6. The summed E-state index contributed by atoms with van der Waals surface area (Å²) in [5.74, 6) is -1.24. The van der Waals surface area contributed by atoms with Crippen LogP contribution in [0.4, 0.5) is 0 Å². The van der Waals surface area contributed by atoms with E-state index < -0.39 is 67.4 Å². The van der Waals surface area contributed by atoms with E-state index in [9.17, 15) is 35.1 Å². The molecular formula is C70H121NO10. The number of amides is 1. The Labute approximate surface area is 495 Å². The summed E-state index contributed by atoms with van der Waals surface area (Å²) in [5.41, 5.74) is 0. The Morgan fingerprint density at radius 3 is 1.46 bits per heavy atom. The number of carbonyl (C=O) groups is 2. The zero-order valence-electron chi connectivity index (χ0n) is 51.6. The second kappa shape index (κ2) is 57.0. The van der Waals surface area contributed by atoms with Crippen LogP contribution in [0.5, 0.6) is 0 Å². The highest BCUT2D eigenvalue weighted by atomic mass is 16.7. The van der Waals surface area contributed by atoms with Gasteiger partial charge in [-0.25, -0.2) is 0 Å². The first-order chi connectivity index (χ1) is 39.7. The van der Waals surface area contributed by atoms with Gasteiger partial charge in [-0.2, -0.15) is 0 Å². The highest BCUT2D eigenvalue weighted by molar-refractivity contribution is 5.80. The highest BCUT2D eigenvalue weighted by Gasteiger charge is 2.47. The van der Waals surface area contributed by atoms with Crippen LogP contribution in [0, 0.1) is 0 Å². The molecule has 0 aromatic carbocycles. The molecular weight excluding hydrogens is 1010 g/mol. The third kappa shape index (κ3) is 44.7. The number of aliphatic hydroxyl groups is 5. The molecule has 81 heavy (non-hydrogen) atoms. The molecule has 6 N–H and O–H groups in total. The van der Waals surface area contributed by atoms with Gasteiger partial charge in [0.25, 0.3) is 0 Å². The Morgan fingerprint density at radius 1 is 0.506 bits per heavy atom. The van der Waals surface area contributed by atoms with Gasteiger partial charge in [0.05, 0.1) is 25.4 Å². The first kappa shape index (κ1) is 75.6. The van der Waals surface area contributed by atoms with Crippen LogP contribution in [0.25, 0.3) is 0 Å². The minimum absolute atomic E-state index is 0.115. The zero-order chi connectivity index (χ0) is 58.9. The average Bonchev–Trinajstić information content (AvgIpc) is 3.50. The van der Waals surface area contributed by atoms with E-state index in [1.807, 2.05) is 60.8 Å². The second-order valence-electron chi connectivity index (χ2n) is 22.6. The topological polar surface area (TPSA) is 175 Å². The van der Waals surface area contributed by atoms with Gasteiger partial charge in [-0.15, -0.1) is 0 Å². The lowest BCUT2D eigenvalue weighted by molar-refractivity contribution is -0.305. The van der Waals surface area contributed by atoms with E-state index in [2.05, 4.69) is 56.5 Å². The first-order valence-electron chi connectivity index (χ1n) is 33.1. The minimum Gasteiger partial charge on any atom is -0.454 e. The van der Waals surface area contributed by atoms with Gasteiger partial charge in [0, 0.05) is 6.42 Å². The minimum atomic E-state index is -1.63. The fraction of sp³-hybridized carbons (Fsp3) is 0.743. The van der Waals surface area contributed by atoms with E-state index in [4.69, 9.17) is 14.2 Å². The van der Waals surface area contributed by atoms with Gasteiger partial charge in [-0.1, -0.05) is 285 Å². The number of hydrogen-bond acceptors (Lipinski definition) is 10. The van der Waals surface area contributed by atoms with Crippen LogP contribution in [-0.4, -0.2) is 99.6 Å². The number of ether oxygens (including phenoxy) is 3. The van der Waals surface area contributed by atoms with Crippen molar-refractivity contribution in [3.8, 4) is 0 Å². The molecule has 1 aliphatic heterocycles. The number of unbranched alkanes of at least 4 members (excludes halogenated alkanes) is 31. The molecule has 0 radical (unpaired) electrons. The lowest BCUT2D eigenvalue weighted by atomic mass is 9.99. The predicted octanol–water partition coefficient (Wildman–Crippen LogP) is 16.3. The third-order valence-corrected chi connectivity index (χ3v) is 15.1. The highest BCUT2D eigenvalue weighted by Crippen LogP contribution is 2.26. The molecule has 466 valence electrons. The van der Waals surface area contributed by atoms with Gasteiger partial charge in [-0.3, -0.25) is 9.59 Å². The standard InChI is InChI=1S/C70H121NO10/c1-4-7-10-13-16-19-22-24-26-27-28-29-30-31-32-33-34-35-36-37-38-40-43-46-49-52-55-58-65(75)81-68-67(77)66(76)64(59-72)80-70(68)79-60-61(62(73)56-53-50-47-44-41-21-18-15-12-9-6-3)71-69(78)63(74)57-54-51-48-45-42-39-25-23-20-17-14-11-8-5-2/h8,11,14,16-17,19-20,23-26,39,42,45,53,56,61-64,66-68,70,72-74,76-77H,4-7,9-10,12-13,15,18,21-22,27-38,40-41,43-44,46-52,54-55,57-60H2,1-3H3,(H,71,78)/b11-8+,17-14+,19-16-,23-20-,26-24-,39-25-,45-42+,56-53+. The molecule has 1 amide bonds. The van der Waals surface area contributed by atoms with E-state index in [1.165, 1.54) is 154 Å². The largest absolute Gasteiger partial charge is 0.454 e. The van der Waals surface area contributed by atoms with E-state index >= 15 is 0 Å². The molecule has 1 fully saturated rings. The molecule has 1 rings (SSSR count). The average molecular weight is 1140 g/mol. The summed E-state index contributed by atoms with van der Waals surface area (Å²) in [6, 6.07) is -1.05. The fourth-order valence-corrected chi connectivity index (χ4v) is 9.88. The Hall–Kier alpha value is -3.42. The van der Waals surface area contributed by atoms with Crippen LogP contribution in [0.15, 0.2) is 97.2 Å². The number of carbonyl (C=O) groups excluding carboxylic acids is 2. The van der Waals surface area contributed by atoms with Crippen LogP contribution in [-0.2, 0) is 23.8 Å². The zero-order valence-corrected chi connectivity index (χ0v) is 51.6. The summed E-state index contributed by atoms with van der Waals surface area (Å²) < 4.78 is 17.6. The van der Waals surface area contributed by atoms with Crippen molar-refractivity contribution in [2.75, 3.05) is 13.2 Å². The van der Waals surface area contributed by atoms with Crippen molar-refractivity contribution in [1.82, 2.24) is 5.32 Å². The fourth-order valence-electron chi connectivity index (χ4n) is 9.88. The van der Waals surface area contributed by atoms with Gasteiger partial charge >= 0.3 is 5.97 Å². The van der Waals surface area contributed by atoms with Crippen LogP contribution in [0.1, 0.15) is 271 Å². The van der Waals surface area contributed by atoms with E-state index in [-0.39, 0.29) is 19.4 Å². The summed E-state index contributed by atoms with van der Waals surface area (Å²) in [6.07, 6.45) is 66.1. The van der Waals surface area contributed by atoms with E-state index in [0.29, 0.717) is 12.8 Å². The quantitative estimate of drug-likeness (QED) is 0.0149. The molecule has 0 spiro atoms.